The van der Waals surface area contributed by atoms with E-state index in [-0.39, 0.29) is 12.2 Å². The first-order valence-corrected chi connectivity index (χ1v) is 7.26. The summed E-state index contributed by atoms with van der Waals surface area (Å²) in [7, 11) is 3.62. The summed E-state index contributed by atoms with van der Waals surface area (Å²) in [5.74, 6) is 0. The van der Waals surface area contributed by atoms with Crippen LogP contribution in [-0.4, -0.2) is 45.6 Å². The molecule has 3 unspecified atom stereocenters. The number of benzene rings is 1. The largest absolute Gasteiger partial charge is 0.382 e. The number of nitrogens with one attached hydrogen (secondary N) is 1. The molecule has 0 amide bonds. The maximum absolute atomic E-state index is 5.96. The Kier molecular flexibility index (Phi) is 6.26. The molecule has 5 heteroatoms. The zero-order chi connectivity index (χ0) is 14.4. The highest BCUT2D eigenvalue weighted by atomic mass is 35.5. The maximum Gasteiger partial charge on any atom is 0.0991 e. The van der Waals surface area contributed by atoms with Crippen LogP contribution in [0.2, 0.25) is 5.02 Å². The summed E-state index contributed by atoms with van der Waals surface area (Å²) >= 11 is 5.96. The molecule has 0 aliphatic heterocycles. The van der Waals surface area contributed by atoms with E-state index in [1.165, 1.54) is 0 Å². The Balaban J connectivity index is 1.79. The van der Waals surface area contributed by atoms with Gasteiger partial charge in [-0.1, -0.05) is 23.7 Å². The minimum Gasteiger partial charge on any atom is -0.382 e. The van der Waals surface area contributed by atoms with E-state index in [2.05, 4.69) is 5.32 Å². The van der Waals surface area contributed by atoms with Gasteiger partial charge in [0.25, 0.3) is 0 Å². The van der Waals surface area contributed by atoms with E-state index in [1.54, 1.807) is 7.11 Å². The van der Waals surface area contributed by atoms with Gasteiger partial charge in [0.1, 0.15) is 0 Å². The molecule has 1 aliphatic rings. The minimum absolute atomic E-state index is 0.0920. The van der Waals surface area contributed by atoms with Gasteiger partial charge in [-0.2, -0.15) is 0 Å². The van der Waals surface area contributed by atoms with Crippen LogP contribution in [-0.2, 0) is 20.8 Å². The lowest BCUT2D eigenvalue weighted by molar-refractivity contribution is -0.155. The zero-order valence-corrected chi connectivity index (χ0v) is 12.7. The van der Waals surface area contributed by atoms with Crippen molar-refractivity contribution in [2.45, 2.75) is 31.3 Å². The molecular formula is C15H22ClNO3. The fraction of sp³-hybridized carbons (Fsp3) is 0.600. The Morgan fingerprint density at radius 2 is 2.15 bits per heavy atom. The first-order chi connectivity index (χ1) is 9.74. The van der Waals surface area contributed by atoms with E-state index in [0.717, 1.165) is 17.0 Å². The van der Waals surface area contributed by atoms with Gasteiger partial charge in [0.15, 0.2) is 0 Å². The second-order valence-electron chi connectivity index (χ2n) is 4.94. The first kappa shape index (κ1) is 15.7. The fourth-order valence-electron chi connectivity index (χ4n) is 2.35. The SMILES string of the molecule is CNC1CC(OCc2cccc(Cl)c2)C1OCCOC. The number of likely N-dealkylation sites (N-methyl/N-ethyl adjacent to an activating group) is 1. The van der Waals surface area contributed by atoms with Crippen LogP contribution in [0, 0.1) is 0 Å². The summed E-state index contributed by atoms with van der Waals surface area (Å²) in [4.78, 5) is 0. The van der Waals surface area contributed by atoms with Gasteiger partial charge in [0.05, 0.1) is 32.0 Å². The van der Waals surface area contributed by atoms with E-state index in [0.29, 0.717) is 25.9 Å². The summed E-state index contributed by atoms with van der Waals surface area (Å²) in [5, 5.41) is 3.99. The van der Waals surface area contributed by atoms with E-state index < -0.39 is 0 Å². The highest BCUT2D eigenvalue weighted by Crippen LogP contribution is 2.28. The molecule has 1 aromatic rings. The Hall–Kier alpha value is -0.650. The molecule has 20 heavy (non-hydrogen) atoms. The second kappa shape index (κ2) is 7.96. The normalized spacial score (nSPS) is 25.4. The van der Waals surface area contributed by atoms with Gasteiger partial charge in [-0.3, -0.25) is 0 Å². The molecule has 0 radical (unpaired) electrons. The summed E-state index contributed by atoms with van der Waals surface area (Å²) in [6.45, 7) is 1.76. The van der Waals surface area contributed by atoms with Gasteiger partial charge in [-0.05, 0) is 31.2 Å². The zero-order valence-electron chi connectivity index (χ0n) is 12.0. The van der Waals surface area contributed by atoms with Crippen LogP contribution in [0.1, 0.15) is 12.0 Å². The smallest absolute Gasteiger partial charge is 0.0991 e. The van der Waals surface area contributed by atoms with Gasteiger partial charge in [-0.15, -0.1) is 0 Å². The molecule has 4 nitrogen and oxygen atoms in total. The average Bonchev–Trinajstić information content (AvgIpc) is 2.43. The summed E-state index contributed by atoms with van der Waals surface area (Å²) < 4.78 is 16.7. The Labute approximate surface area is 125 Å². The van der Waals surface area contributed by atoms with Crippen LogP contribution in [0.25, 0.3) is 0 Å². The highest BCUT2D eigenvalue weighted by molar-refractivity contribution is 6.30. The lowest BCUT2D eigenvalue weighted by Gasteiger charge is -2.43. The van der Waals surface area contributed by atoms with Crippen molar-refractivity contribution in [2.24, 2.45) is 0 Å². The number of halogens is 1. The molecule has 0 heterocycles. The summed E-state index contributed by atoms with van der Waals surface area (Å²) in [5.41, 5.74) is 1.08. The summed E-state index contributed by atoms with van der Waals surface area (Å²) in [6.07, 6.45) is 1.19. The van der Waals surface area contributed by atoms with Gasteiger partial charge in [-0.25, -0.2) is 0 Å². The van der Waals surface area contributed by atoms with E-state index in [1.807, 2.05) is 31.3 Å². The molecule has 2 rings (SSSR count). The van der Waals surface area contributed by atoms with Gasteiger partial charge < -0.3 is 19.5 Å². The number of methoxy groups -OCH3 is 1. The van der Waals surface area contributed by atoms with Crippen LogP contribution >= 0.6 is 11.6 Å². The van der Waals surface area contributed by atoms with E-state index in [4.69, 9.17) is 25.8 Å². The van der Waals surface area contributed by atoms with Crippen LogP contribution in [0.5, 0.6) is 0 Å². The van der Waals surface area contributed by atoms with Crippen molar-refractivity contribution in [2.75, 3.05) is 27.4 Å². The van der Waals surface area contributed by atoms with Gasteiger partial charge in [0.2, 0.25) is 0 Å². The molecule has 0 spiro atoms. The molecule has 1 fully saturated rings. The third-order valence-electron chi connectivity index (χ3n) is 3.57. The van der Waals surface area contributed by atoms with Crippen molar-refractivity contribution >= 4 is 11.6 Å². The predicted molar refractivity (Wildman–Crippen MR) is 79.1 cm³/mol. The monoisotopic (exact) mass is 299 g/mol. The van der Waals surface area contributed by atoms with Crippen molar-refractivity contribution in [1.82, 2.24) is 5.32 Å². The molecule has 3 atom stereocenters. The van der Waals surface area contributed by atoms with Crippen LogP contribution in [0.3, 0.4) is 0 Å². The quantitative estimate of drug-likeness (QED) is 0.748. The average molecular weight is 300 g/mol. The third-order valence-corrected chi connectivity index (χ3v) is 3.81. The van der Waals surface area contributed by atoms with Gasteiger partial charge in [0, 0.05) is 18.2 Å². The summed E-state index contributed by atoms with van der Waals surface area (Å²) in [6, 6.07) is 8.10. The molecule has 1 N–H and O–H groups in total. The molecule has 1 saturated carbocycles. The number of hydrogen-bond donors (Lipinski definition) is 1. The molecule has 112 valence electrons. The second-order valence-corrected chi connectivity index (χ2v) is 5.37. The molecule has 0 aromatic heterocycles. The first-order valence-electron chi connectivity index (χ1n) is 6.88. The third kappa shape index (κ3) is 4.17. The maximum atomic E-state index is 5.96. The number of rotatable bonds is 8. The van der Waals surface area contributed by atoms with Crippen LogP contribution < -0.4 is 5.32 Å². The molecule has 1 aliphatic carbocycles. The number of ether oxygens (including phenoxy) is 3. The van der Waals surface area contributed by atoms with Gasteiger partial charge >= 0.3 is 0 Å². The standard InChI is InChI=1S/C15H22ClNO3/c1-17-13-9-14(15(13)19-7-6-18-2)20-10-11-4-3-5-12(16)8-11/h3-5,8,13-15,17H,6-7,9-10H2,1-2H3. The van der Waals surface area contributed by atoms with Crippen molar-refractivity contribution in [3.8, 4) is 0 Å². The lowest BCUT2D eigenvalue weighted by atomic mass is 9.85. The Bertz CT molecular complexity index is 416. The minimum atomic E-state index is 0.0920. The van der Waals surface area contributed by atoms with Crippen LogP contribution in [0.15, 0.2) is 24.3 Å². The highest BCUT2D eigenvalue weighted by Gasteiger charge is 2.41. The Morgan fingerprint density at radius 1 is 1.30 bits per heavy atom. The molecular weight excluding hydrogens is 278 g/mol. The number of hydrogen-bond acceptors (Lipinski definition) is 4. The van der Waals surface area contributed by atoms with Crippen molar-refractivity contribution in [3.05, 3.63) is 34.9 Å². The van der Waals surface area contributed by atoms with Crippen molar-refractivity contribution in [1.29, 1.82) is 0 Å². The van der Waals surface area contributed by atoms with Crippen LogP contribution in [0.4, 0.5) is 0 Å². The topological polar surface area (TPSA) is 39.7 Å². The molecule has 1 aromatic carbocycles. The lowest BCUT2D eigenvalue weighted by Crippen LogP contribution is -2.59. The van der Waals surface area contributed by atoms with E-state index in [9.17, 15) is 0 Å². The molecule has 0 bridgehead atoms. The van der Waals surface area contributed by atoms with Crippen molar-refractivity contribution < 1.29 is 14.2 Å². The van der Waals surface area contributed by atoms with E-state index >= 15 is 0 Å². The van der Waals surface area contributed by atoms with Crippen molar-refractivity contribution in [3.63, 3.8) is 0 Å². The fourth-order valence-corrected chi connectivity index (χ4v) is 2.56. The predicted octanol–water partition coefficient (Wildman–Crippen LogP) is 2.25. The Morgan fingerprint density at radius 3 is 2.85 bits per heavy atom. The molecule has 0 saturated heterocycles.